The highest BCUT2D eigenvalue weighted by Gasteiger charge is 2.26. The van der Waals surface area contributed by atoms with E-state index in [1.54, 1.807) is 0 Å². The number of nitrogens with zero attached hydrogens (tertiary/aromatic N) is 2. The number of aromatic nitrogens is 2. The van der Waals surface area contributed by atoms with Crippen LogP contribution >= 0.6 is 0 Å². The lowest BCUT2D eigenvalue weighted by atomic mass is 9.80. The molecule has 0 aliphatic heterocycles. The van der Waals surface area contributed by atoms with Crippen LogP contribution in [0.5, 0.6) is 0 Å². The van der Waals surface area contributed by atoms with Gasteiger partial charge in [-0.3, -0.25) is 0 Å². The lowest BCUT2D eigenvalue weighted by molar-refractivity contribution is 0.0691. The highest BCUT2D eigenvalue weighted by molar-refractivity contribution is 5.90. The van der Waals surface area contributed by atoms with Crippen LogP contribution in [0.1, 0.15) is 43.6 Å². The molecule has 1 aliphatic rings. The quantitative estimate of drug-likeness (QED) is 0.860. The first-order valence-corrected chi connectivity index (χ1v) is 6.38. The predicted octanol–water partition coefficient (Wildman–Crippen LogP) is 2.41. The fourth-order valence-corrected chi connectivity index (χ4v) is 2.66. The Labute approximate surface area is 107 Å². The summed E-state index contributed by atoms with van der Waals surface area (Å²) in [6.07, 6.45) is 6.31. The van der Waals surface area contributed by atoms with Gasteiger partial charge in [0.1, 0.15) is 0 Å². The zero-order valence-electron chi connectivity index (χ0n) is 10.8. The molecule has 3 unspecified atom stereocenters. The topological polar surface area (TPSA) is 75.1 Å². The second-order valence-electron chi connectivity index (χ2n) is 5.21. The average molecular weight is 249 g/mol. The molecule has 0 saturated heterocycles. The van der Waals surface area contributed by atoms with Gasteiger partial charge in [-0.2, -0.15) is 0 Å². The summed E-state index contributed by atoms with van der Waals surface area (Å²) in [6, 6.07) is 0.288. The summed E-state index contributed by atoms with van der Waals surface area (Å²) in [4.78, 5) is 19.0. The van der Waals surface area contributed by atoms with E-state index in [9.17, 15) is 4.79 Å². The Morgan fingerprint density at radius 3 is 2.72 bits per heavy atom. The van der Waals surface area contributed by atoms with E-state index in [-0.39, 0.29) is 11.7 Å². The molecule has 0 bridgehead atoms. The number of nitrogens with one attached hydrogen (secondary N) is 1. The minimum atomic E-state index is -1.04. The first-order chi connectivity index (χ1) is 8.58. The van der Waals surface area contributed by atoms with E-state index in [1.807, 2.05) is 0 Å². The van der Waals surface area contributed by atoms with Gasteiger partial charge in [0.15, 0.2) is 11.5 Å². The molecule has 1 aromatic rings. The molecule has 2 rings (SSSR count). The van der Waals surface area contributed by atoms with E-state index < -0.39 is 5.97 Å². The summed E-state index contributed by atoms with van der Waals surface area (Å²) in [5.74, 6) is 0.620. The number of anilines is 1. The summed E-state index contributed by atoms with van der Waals surface area (Å²) in [5.41, 5.74) is 0.00308. The van der Waals surface area contributed by atoms with E-state index in [4.69, 9.17) is 5.11 Å². The Morgan fingerprint density at radius 1 is 1.33 bits per heavy atom. The molecule has 1 saturated carbocycles. The average Bonchev–Trinajstić information content (AvgIpc) is 2.33. The summed E-state index contributed by atoms with van der Waals surface area (Å²) >= 11 is 0. The number of hydrogen-bond acceptors (Lipinski definition) is 4. The van der Waals surface area contributed by atoms with Gasteiger partial charge in [-0.05, 0) is 31.1 Å². The molecule has 2 N–H and O–H groups in total. The summed E-state index contributed by atoms with van der Waals surface area (Å²) in [6.45, 7) is 4.46. The molecule has 0 spiro atoms. The maximum atomic E-state index is 11.1. The maximum Gasteiger partial charge on any atom is 0.358 e. The molecule has 5 nitrogen and oxygen atoms in total. The molecule has 1 heterocycles. The Morgan fingerprint density at radius 2 is 2.06 bits per heavy atom. The first-order valence-electron chi connectivity index (χ1n) is 6.38. The standard InChI is InChI=1S/C13H19N3O2/c1-8-3-4-10(9(2)7-8)16-12-11(13(17)18)14-5-6-15-12/h5-6,8-10H,3-4,7H2,1-2H3,(H,15,16)(H,17,18). The van der Waals surface area contributed by atoms with E-state index in [0.717, 1.165) is 12.3 Å². The van der Waals surface area contributed by atoms with Crippen molar-refractivity contribution >= 4 is 11.8 Å². The van der Waals surface area contributed by atoms with Crippen molar-refractivity contribution in [3.63, 3.8) is 0 Å². The van der Waals surface area contributed by atoms with Gasteiger partial charge in [-0.25, -0.2) is 14.8 Å². The van der Waals surface area contributed by atoms with Crippen molar-refractivity contribution in [2.24, 2.45) is 11.8 Å². The summed E-state index contributed by atoms with van der Waals surface area (Å²) in [7, 11) is 0. The zero-order valence-corrected chi connectivity index (χ0v) is 10.8. The molecule has 0 amide bonds. The van der Waals surface area contributed by atoms with Crippen LogP contribution < -0.4 is 5.32 Å². The molecular weight excluding hydrogens is 230 g/mol. The zero-order chi connectivity index (χ0) is 13.1. The van der Waals surface area contributed by atoms with Crippen molar-refractivity contribution in [3.05, 3.63) is 18.1 Å². The van der Waals surface area contributed by atoms with E-state index in [0.29, 0.717) is 11.7 Å². The third kappa shape index (κ3) is 2.78. The van der Waals surface area contributed by atoms with Gasteiger partial charge in [0.2, 0.25) is 0 Å². The van der Waals surface area contributed by atoms with Crippen LogP contribution in [0.3, 0.4) is 0 Å². The molecule has 3 atom stereocenters. The smallest absolute Gasteiger partial charge is 0.358 e. The highest BCUT2D eigenvalue weighted by atomic mass is 16.4. The summed E-state index contributed by atoms with van der Waals surface area (Å²) in [5, 5.41) is 12.3. The van der Waals surface area contributed by atoms with Crippen molar-refractivity contribution in [2.75, 3.05) is 5.32 Å². The van der Waals surface area contributed by atoms with Crippen LogP contribution in [-0.4, -0.2) is 27.1 Å². The highest BCUT2D eigenvalue weighted by Crippen LogP contribution is 2.30. The van der Waals surface area contributed by atoms with E-state index >= 15 is 0 Å². The monoisotopic (exact) mass is 249 g/mol. The SMILES string of the molecule is CC1CCC(Nc2nccnc2C(=O)O)C(C)C1. The Kier molecular flexibility index (Phi) is 3.79. The molecule has 0 radical (unpaired) electrons. The largest absolute Gasteiger partial charge is 0.476 e. The van der Waals surface area contributed by atoms with Gasteiger partial charge in [-0.1, -0.05) is 13.8 Å². The molecule has 98 valence electrons. The molecule has 1 aromatic heterocycles. The fourth-order valence-electron chi connectivity index (χ4n) is 2.66. The predicted molar refractivity (Wildman–Crippen MR) is 68.6 cm³/mol. The van der Waals surface area contributed by atoms with Crippen LogP contribution in [0.4, 0.5) is 5.82 Å². The van der Waals surface area contributed by atoms with Crippen LogP contribution in [0.25, 0.3) is 0 Å². The van der Waals surface area contributed by atoms with Crippen molar-refractivity contribution in [1.82, 2.24) is 9.97 Å². The summed E-state index contributed by atoms with van der Waals surface area (Å²) < 4.78 is 0. The van der Waals surface area contributed by atoms with E-state index in [2.05, 4.69) is 29.1 Å². The van der Waals surface area contributed by atoms with Crippen molar-refractivity contribution in [3.8, 4) is 0 Å². The minimum Gasteiger partial charge on any atom is -0.476 e. The lowest BCUT2D eigenvalue weighted by Gasteiger charge is -2.33. The molecule has 18 heavy (non-hydrogen) atoms. The molecule has 0 aromatic carbocycles. The van der Waals surface area contributed by atoms with Gasteiger partial charge in [0.05, 0.1) is 0 Å². The molecule has 1 fully saturated rings. The number of carboxylic acids is 1. The normalized spacial score (nSPS) is 27.8. The van der Waals surface area contributed by atoms with Gasteiger partial charge in [-0.15, -0.1) is 0 Å². The van der Waals surface area contributed by atoms with Crippen LogP contribution in [0, 0.1) is 11.8 Å². The minimum absolute atomic E-state index is 0.00308. The lowest BCUT2D eigenvalue weighted by Crippen LogP contribution is -2.34. The van der Waals surface area contributed by atoms with Gasteiger partial charge >= 0.3 is 5.97 Å². The van der Waals surface area contributed by atoms with Gasteiger partial charge < -0.3 is 10.4 Å². The van der Waals surface area contributed by atoms with Crippen LogP contribution in [0.15, 0.2) is 12.4 Å². The number of carboxylic acid groups (broad SMARTS) is 1. The second kappa shape index (κ2) is 5.33. The van der Waals surface area contributed by atoms with Crippen molar-refractivity contribution < 1.29 is 9.90 Å². The van der Waals surface area contributed by atoms with Gasteiger partial charge in [0.25, 0.3) is 0 Å². The van der Waals surface area contributed by atoms with Gasteiger partial charge in [0, 0.05) is 18.4 Å². The molecule has 5 heteroatoms. The Balaban J connectivity index is 2.12. The number of aromatic carboxylic acids is 1. The maximum absolute atomic E-state index is 11.1. The number of rotatable bonds is 3. The van der Waals surface area contributed by atoms with Crippen LogP contribution in [-0.2, 0) is 0 Å². The first kappa shape index (κ1) is 12.8. The third-order valence-corrected chi connectivity index (χ3v) is 3.65. The van der Waals surface area contributed by atoms with E-state index in [1.165, 1.54) is 25.2 Å². The second-order valence-corrected chi connectivity index (χ2v) is 5.21. The molecule has 1 aliphatic carbocycles. The molecular formula is C13H19N3O2. The fraction of sp³-hybridized carbons (Fsp3) is 0.615. The Bertz CT molecular complexity index is 436. The van der Waals surface area contributed by atoms with Crippen molar-refractivity contribution in [1.29, 1.82) is 0 Å². The Hall–Kier alpha value is -1.65. The van der Waals surface area contributed by atoms with Crippen LogP contribution in [0.2, 0.25) is 0 Å². The van der Waals surface area contributed by atoms with Crippen molar-refractivity contribution in [2.45, 2.75) is 39.2 Å². The third-order valence-electron chi connectivity index (χ3n) is 3.65. The number of carbonyl (C=O) groups is 1. The number of hydrogen-bond donors (Lipinski definition) is 2.